The zero-order valence-corrected chi connectivity index (χ0v) is 3.46. The molecule has 0 atom stereocenters. The summed E-state index contributed by atoms with van der Waals surface area (Å²) in [7, 11) is 0. The first-order valence-electron chi connectivity index (χ1n) is 1.35. The summed E-state index contributed by atoms with van der Waals surface area (Å²) in [5, 5.41) is 12.0. The van der Waals surface area contributed by atoms with Crippen molar-refractivity contribution >= 4 is 0 Å². The Kier molecular flexibility index (Phi) is 39.1. The van der Waals surface area contributed by atoms with Crippen molar-refractivity contribution in [2.24, 2.45) is 0 Å². The highest BCUT2D eigenvalue weighted by molar-refractivity contribution is 4.88. The van der Waals surface area contributed by atoms with Gasteiger partial charge >= 0.3 is 0 Å². The molecule has 0 spiro atoms. The predicted molar refractivity (Wildman–Crippen MR) is 25.7 cm³/mol. The minimum atomic E-state index is 1.64. The summed E-state index contributed by atoms with van der Waals surface area (Å²) >= 11 is 0. The lowest BCUT2D eigenvalue weighted by Gasteiger charge is -1.44. The quantitative estimate of drug-likeness (QED) is 0.289. The fraction of sp³-hybridized carbons (Fsp3) is 0. The van der Waals surface area contributed by atoms with E-state index in [1.54, 1.807) is 12.2 Å². The Balaban J connectivity index is 0. The molecule has 0 aromatic carbocycles. The van der Waals surface area contributed by atoms with Crippen LogP contribution in [0.1, 0.15) is 0 Å². The molecule has 0 saturated carbocycles. The molecule has 0 heterocycles. The van der Waals surface area contributed by atoms with Crippen LogP contribution in [0.3, 0.4) is 0 Å². The van der Waals surface area contributed by atoms with Gasteiger partial charge < -0.3 is 0 Å². The Hall–Kier alpha value is -0.600. The normalized spacial score (nSPS) is 4.33. The molecule has 0 amide bonds. The summed E-state index contributed by atoms with van der Waals surface area (Å²) in [6.07, 6.45) is 3.28. The van der Waals surface area contributed by atoms with Gasteiger partial charge in [0.2, 0.25) is 0 Å². The van der Waals surface area contributed by atoms with Crippen molar-refractivity contribution in [3.63, 3.8) is 0 Å². The van der Waals surface area contributed by atoms with Crippen LogP contribution >= 0.6 is 0 Å². The molecular weight excluding hydrogens is 80.0 g/mol. The maximum atomic E-state index is 6.00. The Labute approximate surface area is 37.0 Å². The van der Waals surface area contributed by atoms with Gasteiger partial charge in [-0.2, -0.15) is 0 Å². The molecule has 36 valence electrons. The van der Waals surface area contributed by atoms with Gasteiger partial charge in [-0.25, -0.2) is 0 Å². The van der Waals surface area contributed by atoms with Gasteiger partial charge in [0, 0.05) is 0 Å². The smallest absolute Gasteiger partial charge is 0.0701 e. The second kappa shape index (κ2) is 26.0. The Morgan fingerprint density at radius 1 is 1.00 bits per heavy atom. The average molecular weight is 88.1 g/mol. The summed E-state index contributed by atoms with van der Waals surface area (Å²) in [5.74, 6) is 0. The van der Waals surface area contributed by atoms with E-state index in [2.05, 4.69) is 13.2 Å². The lowest BCUT2D eigenvalue weighted by atomic mass is 10.6. The number of allylic oxidation sites excluding steroid dienone is 2. The molecule has 2 N–H and O–H groups in total. The molecule has 0 bridgehead atoms. The highest BCUT2D eigenvalue weighted by Crippen LogP contribution is 1.52. The first-order chi connectivity index (χ1) is 2.91. The van der Waals surface area contributed by atoms with Gasteiger partial charge in [0.05, 0.1) is 0 Å². The number of hydrogen-bond acceptors (Lipinski definition) is 2. The van der Waals surface area contributed by atoms with Crippen LogP contribution in [0, 0.1) is 0 Å². The fourth-order valence-electron chi connectivity index (χ4n) is 0. The topological polar surface area (TPSA) is 40.5 Å². The van der Waals surface area contributed by atoms with Gasteiger partial charge in [0.15, 0.2) is 0 Å². The Morgan fingerprint density at radius 2 is 1.17 bits per heavy atom. The second-order valence-electron chi connectivity index (χ2n) is 0.471. The van der Waals surface area contributed by atoms with Gasteiger partial charge in [-0.15, -0.1) is 0 Å². The Morgan fingerprint density at radius 3 is 1.17 bits per heavy atom. The van der Waals surface area contributed by atoms with Crippen LogP contribution in [0.4, 0.5) is 0 Å². The largest absolute Gasteiger partial charge is 0.255 e. The zero-order chi connectivity index (χ0) is 5.41. The lowest BCUT2D eigenvalue weighted by molar-refractivity contribution is -0.176. The van der Waals surface area contributed by atoms with Crippen molar-refractivity contribution in [3.8, 4) is 0 Å². The summed E-state index contributed by atoms with van der Waals surface area (Å²) in [6, 6.07) is 0. The lowest BCUT2D eigenvalue weighted by Crippen LogP contribution is -1.29. The van der Waals surface area contributed by atoms with Crippen LogP contribution in [0.5, 0.6) is 0 Å². The zero-order valence-electron chi connectivity index (χ0n) is 3.46. The molecule has 2 nitrogen and oxygen atoms in total. The molecule has 0 radical (unpaired) electrons. The van der Waals surface area contributed by atoms with Crippen molar-refractivity contribution in [1.82, 2.24) is 0 Å². The van der Waals surface area contributed by atoms with Crippen LogP contribution in [0.15, 0.2) is 25.3 Å². The summed E-state index contributed by atoms with van der Waals surface area (Å²) in [6.45, 7) is 6.72. The predicted octanol–water partition coefficient (Wildman–Crippen LogP) is 1.38. The molecule has 0 unspecified atom stereocenters. The molecule has 0 aliphatic rings. The third-order valence-corrected chi connectivity index (χ3v) is 0.167. The molecule has 0 aromatic rings. The third-order valence-electron chi connectivity index (χ3n) is 0.167. The molecule has 0 saturated heterocycles. The summed E-state index contributed by atoms with van der Waals surface area (Å²) < 4.78 is 0. The maximum Gasteiger partial charge on any atom is -0.0701 e. The van der Waals surface area contributed by atoms with Crippen LogP contribution < -0.4 is 0 Å². The van der Waals surface area contributed by atoms with Crippen LogP contribution in [0.25, 0.3) is 0 Å². The van der Waals surface area contributed by atoms with E-state index >= 15 is 0 Å². The van der Waals surface area contributed by atoms with Gasteiger partial charge in [-0.05, 0) is 0 Å². The minimum absolute atomic E-state index is 1.64. The molecule has 0 fully saturated rings. The standard InChI is InChI=1S/C4H6.H2O2/c1-3-4-2;1-2/h3-4H,1-2H2;1-2H. The van der Waals surface area contributed by atoms with Crippen molar-refractivity contribution in [2.45, 2.75) is 0 Å². The SMILES string of the molecule is C=CC=C.OO. The van der Waals surface area contributed by atoms with E-state index in [4.69, 9.17) is 10.5 Å². The van der Waals surface area contributed by atoms with E-state index in [1.807, 2.05) is 0 Å². The van der Waals surface area contributed by atoms with E-state index in [1.165, 1.54) is 0 Å². The van der Waals surface area contributed by atoms with E-state index < -0.39 is 0 Å². The molecule has 2 heteroatoms. The van der Waals surface area contributed by atoms with Gasteiger partial charge in [0.25, 0.3) is 0 Å². The maximum absolute atomic E-state index is 6.00. The monoisotopic (exact) mass is 88.1 g/mol. The van der Waals surface area contributed by atoms with Crippen molar-refractivity contribution in [2.75, 3.05) is 0 Å². The number of hydrogen-bond donors (Lipinski definition) is 2. The fourth-order valence-corrected chi connectivity index (χ4v) is 0. The van der Waals surface area contributed by atoms with Gasteiger partial charge in [-0.3, -0.25) is 10.5 Å². The van der Waals surface area contributed by atoms with Gasteiger partial charge in [0.1, 0.15) is 0 Å². The molecule has 0 aliphatic heterocycles. The van der Waals surface area contributed by atoms with E-state index in [9.17, 15) is 0 Å². The molecule has 6 heavy (non-hydrogen) atoms. The average Bonchev–Trinajstić information content (AvgIpc) is 1.72. The van der Waals surface area contributed by atoms with Crippen LogP contribution in [-0.4, -0.2) is 10.5 Å². The summed E-state index contributed by atoms with van der Waals surface area (Å²) in [4.78, 5) is 0. The van der Waals surface area contributed by atoms with E-state index in [0.717, 1.165) is 0 Å². The van der Waals surface area contributed by atoms with Crippen molar-refractivity contribution in [1.29, 1.82) is 0 Å². The van der Waals surface area contributed by atoms with Crippen LogP contribution in [-0.2, 0) is 0 Å². The highest BCUT2D eigenvalue weighted by atomic mass is 17.0. The molecule has 0 aliphatic carbocycles. The van der Waals surface area contributed by atoms with Crippen molar-refractivity contribution < 1.29 is 10.5 Å². The highest BCUT2D eigenvalue weighted by Gasteiger charge is 1.29. The molecule has 0 rings (SSSR count). The Bertz CT molecular complexity index is 26.5. The van der Waals surface area contributed by atoms with Crippen molar-refractivity contribution in [3.05, 3.63) is 25.3 Å². The van der Waals surface area contributed by atoms with E-state index in [-0.39, 0.29) is 0 Å². The van der Waals surface area contributed by atoms with Gasteiger partial charge in [-0.1, -0.05) is 25.3 Å². The number of rotatable bonds is 1. The first-order valence-corrected chi connectivity index (χ1v) is 1.35. The minimum Gasteiger partial charge on any atom is -0.255 e. The molecule has 0 aromatic heterocycles. The summed E-state index contributed by atoms with van der Waals surface area (Å²) in [5.41, 5.74) is 0. The molecular formula is C4H8O2. The second-order valence-corrected chi connectivity index (χ2v) is 0.471. The third kappa shape index (κ3) is 122. The first kappa shape index (κ1) is 9.04. The van der Waals surface area contributed by atoms with E-state index in [0.29, 0.717) is 0 Å². The van der Waals surface area contributed by atoms with Crippen LogP contribution in [0.2, 0.25) is 0 Å².